The number of rotatable bonds is 6. The van der Waals surface area contributed by atoms with Crippen LogP contribution in [0.3, 0.4) is 0 Å². The van der Waals surface area contributed by atoms with Crippen LogP contribution >= 0.6 is 0 Å². The van der Waals surface area contributed by atoms with E-state index in [2.05, 4.69) is 36.1 Å². The van der Waals surface area contributed by atoms with Crippen molar-refractivity contribution in [1.82, 2.24) is 0 Å². The lowest BCUT2D eigenvalue weighted by Gasteiger charge is -2.29. The molecule has 1 aliphatic rings. The van der Waals surface area contributed by atoms with Crippen molar-refractivity contribution in [3.8, 4) is 0 Å². The van der Waals surface area contributed by atoms with Crippen molar-refractivity contribution in [2.45, 2.75) is 19.8 Å². The van der Waals surface area contributed by atoms with E-state index in [0.717, 1.165) is 44.7 Å². The summed E-state index contributed by atoms with van der Waals surface area (Å²) in [5.41, 5.74) is 3.21. The zero-order valence-electron chi connectivity index (χ0n) is 14.3. The van der Waals surface area contributed by atoms with E-state index in [-0.39, 0.29) is 11.7 Å². The summed E-state index contributed by atoms with van der Waals surface area (Å²) in [6.45, 7) is 5.47. The molecular formula is C21H25NO2. The lowest BCUT2D eigenvalue weighted by molar-refractivity contribution is 0.0916. The molecule has 1 unspecified atom stereocenters. The van der Waals surface area contributed by atoms with Gasteiger partial charge in [0.1, 0.15) is 0 Å². The molecule has 0 amide bonds. The molecule has 1 heterocycles. The number of nitrogens with zero attached hydrogens (tertiary/aromatic N) is 1. The van der Waals surface area contributed by atoms with Gasteiger partial charge in [-0.05, 0) is 42.7 Å². The first kappa shape index (κ1) is 16.7. The van der Waals surface area contributed by atoms with E-state index >= 15 is 0 Å². The summed E-state index contributed by atoms with van der Waals surface area (Å²) in [4.78, 5) is 15.1. The van der Waals surface area contributed by atoms with Crippen LogP contribution in [0.15, 0.2) is 54.6 Å². The lowest BCUT2D eigenvalue weighted by atomic mass is 9.89. The summed E-state index contributed by atoms with van der Waals surface area (Å²) < 4.78 is 5.39. The summed E-state index contributed by atoms with van der Waals surface area (Å²) in [7, 11) is 0. The van der Waals surface area contributed by atoms with E-state index in [0.29, 0.717) is 0 Å². The highest BCUT2D eigenvalue weighted by molar-refractivity contribution is 5.98. The maximum absolute atomic E-state index is 12.8. The Kier molecular flexibility index (Phi) is 5.65. The Morgan fingerprint density at radius 1 is 1.04 bits per heavy atom. The average Bonchev–Trinajstić information content (AvgIpc) is 2.67. The van der Waals surface area contributed by atoms with Crippen LogP contribution in [-0.2, 0) is 11.2 Å². The van der Waals surface area contributed by atoms with E-state index in [9.17, 15) is 4.79 Å². The van der Waals surface area contributed by atoms with Gasteiger partial charge >= 0.3 is 0 Å². The van der Waals surface area contributed by atoms with E-state index in [1.165, 1.54) is 11.3 Å². The highest BCUT2D eigenvalue weighted by atomic mass is 16.5. The Bertz CT molecular complexity index is 645. The molecule has 1 atom stereocenters. The van der Waals surface area contributed by atoms with Crippen LogP contribution in [-0.4, -0.2) is 32.1 Å². The van der Waals surface area contributed by atoms with Crippen molar-refractivity contribution < 1.29 is 9.53 Å². The molecule has 2 aromatic carbocycles. The number of hydrogen-bond acceptors (Lipinski definition) is 3. The second-order valence-electron chi connectivity index (χ2n) is 6.31. The van der Waals surface area contributed by atoms with E-state index in [4.69, 9.17) is 4.74 Å². The number of morpholine rings is 1. The molecule has 0 radical (unpaired) electrons. The molecule has 3 rings (SSSR count). The number of carbonyl (C=O) groups excluding carboxylic acids is 1. The predicted molar refractivity (Wildman–Crippen MR) is 97.7 cm³/mol. The van der Waals surface area contributed by atoms with Crippen molar-refractivity contribution in [2.75, 3.05) is 31.2 Å². The van der Waals surface area contributed by atoms with Gasteiger partial charge in [0.25, 0.3) is 0 Å². The molecule has 0 aliphatic carbocycles. The van der Waals surface area contributed by atoms with Crippen LogP contribution in [0, 0.1) is 5.92 Å². The molecule has 0 N–H and O–H groups in total. The fourth-order valence-electron chi connectivity index (χ4n) is 3.21. The number of anilines is 1. The summed E-state index contributed by atoms with van der Waals surface area (Å²) in [5.74, 6) is 0.288. The minimum Gasteiger partial charge on any atom is -0.378 e. The van der Waals surface area contributed by atoms with Crippen LogP contribution in [0.4, 0.5) is 5.69 Å². The molecule has 3 heteroatoms. The topological polar surface area (TPSA) is 29.5 Å². The first-order chi connectivity index (χ1) is 11.8. The molecule has 1 fully saturated rings. The van der Waals surface area contributed by atoms with E-state index in [1.807, 2.05) is 30.3 Å². The van der Waals surface area contributed by atoms with Crippen molar-refractivity contribution in [3.05, 3.63) is 65.7 Å². The molecule has 0 aromatic heterocycles. The largest absolute Gasteiger partial charge is 0.378 e. The van der Waals surface area contributed by atoms with Gasteiger partial charge in [0.2, 0.25) is 0 Å². The molecule has 2 aromatic rings. The Balaban J connectivity index is 1.68. The molecule has 126 valence electrons. The first-order valence-corrected chi connectivity index (χ1v) is 8.79. The monoisotopic (exact) mass is 323 g/mol. The number of ether oxygens (including phenoxy) is 1. The third-order valence-electron chi connectivity index (χ3n) is 4.72. The lowest BCUT2D eigenvalue weighted by Crippen LogP contribution is -2.36. The molecular weight excluding hydrogens is 298 g/mol. The predicted octanol–water partition coefficient (Wildman–Crippen LogP) is 3.97. The number of Topliss-reactive ketones (excluding diaryl/α,β-unsaturated/α-hetero) is 1. The SMILES string of the molecule is CCC(Cc1ccccc1)C(=O)c1ccc(N2CCOCC2)cc1. The Hall–Kier alpha value is -2.13. The van der Waals surface area contributed by atoms with Crippen LogP contribution in [0.25, 0.3) is 0 Å². The van der Waals surface area contributed by atoms with E-state index < -0.39 is 0 Å². The van der Waals surface area contributed by atoms with Gasteiger partial charge in [-0.2, -0.15) is 0 Å². The van der Waals surface area contributed by atoms with Crippen molar-refractivity contribution in [2.24, 2.45) is 5.92 Å². The van der Waals surface area contributed by atoms with Gasteiger partial charge in [-0.3, -0.25) is 4.79 Å². The molecule has 0 spiro atoms. The Morgan fingerprint density at radius 2 is 1.71 bits per heavy atom. The third-order valence-corrected chi connectivity index (χ3v) is 4.72. The number of carbonyl (C=O) groups is 1. The second-order valence-corrected chi connectivity index (χ2v) is 6.31. The molecule has 24 heavy (non-hydrogen) atoms. The quantitative estimate of drug-likeness (QED) is 0.753. The zero-order chi connectivity index (χ0) is 16.8. The summed E-state index contributed by atoms with van der Waals surface area (Å²) >= 11 is 0. The van der Waals surface area contributed by atoms with Gasteiger partial charge in [0.15, 0.2) is 5.78 Å². The Morgan fingerprint density at radius 3 is 2.33 bits per heavy atom. The highest BCUT2D eigenvalue weighted by Crippen LogP contribution is 2.21. The minimum atomic E-state index is 0.0432. The molecule has 3 nitrogen and oxygen atoms in total. The second kappa shape index (κ2) is 8.11. The van der Waals surface area contributed by atoms with Crippen LogP contribution in [0.1, 0.15) is 29.3 Å². The van der Waals surface area contributed by atoms with E-state index in [1.54, 1.807) is 0 Å². The fourth-order valence-corrected chi connectivity index (χ4v) is 3.21. The normalized spacial score (nSPS) is 16.0. The van der Waals surface area contributed by atoms with Gasteiger partial charge in [-0.1, -0.05) is 37.3 Å². The molecule has 0 bridgehead atoms. The van der Waals surface area contributed by atoms with Crippen LogP contribution in [0.5, 0.6) is 0 Å². The van der Waals surface area contributed by atoms with Crippen molar-refractivity contribution in [3.63, 3.8) is 0 Å². The van der Waals surface area contributed by atoms with Crippen molar-refractivity contribution in [1.29, 1.82) is 0 Å². The van der Waals surface area contributed by atoms with Crippen LogP contribution in [0.2, 0.25) is 0 Å². The fraction of sp³-hybridized carbons (Fsp3) is 0.381. The van der Waals surface area contributed by atoms with Crippen LogP contribution < -0.4 is 4.90 Å². The Labute approximate surface area is 144 Å². The number of ketones is 1. The summed E-state index contributed by atoms with van der Waals surface area (Å²) in [5, 5.41) is 0. The average molecular weight is 323 g/mol. The summed E-state index contributed by atoms with van der Waals surface area (Å²) in [6, 6.07) is 18.3. The number of hydrogen-bond donors (Lipinski definition) is 0. The maximum atomic E-state index is 12.8. The smallest absolute Gasteiger partial charge is 0.166 e. The highest BCUT2D eigenvalue weighted by Gasteiger charge is 2.19. The van der Waals surface area contributed by atoms with Crippen molar-refractivity contribution >= 4 is 11.5 Å². The maximum Gasteiger partial charge on any atom is 0.166 e. The molecule has 0 saturated carbocycles. The third kappa shape index (κ3) is 4.04. The van der Waals surface area contributed by atoms with Gasteiger partial charge in [0.05, 0.1) is 13.2 Å². The standard InChI is InChI=1S/C21H25NO2/c1-2-18(16-17-6-4-3-5-7-17)21(23)19-8-10-20(11-9-19)22-12-14-24-15-13-22/h3-11,18H,2,12-16H2,1H3. The van der Waals surface area contributed by atoms with Gasteiger partial charge in [0, 0.05) is 30.3 Å². The van der Waals surface area contributed by atoms with Gasteiger partial charge in [-0.15, -0.1) is 0 Å². The molecule has 1 aliphatic heterocycles. The summed E-state index contributed by atoms with van der Waals surface area (Å²) in [6.07, 6.45) is 1.67. The van der Waals surface area contributed by atoms with Gasteiger partial charge in [-0.25, -0.2) is 0 Å². The first-order valence-electron chi connectivity index (χ1n) is 8.79. The molecule has 1 saturated heterocycles. The minimum absolute atomic E-state index is 0.0432. The number of benzene rings is 2. The van der Waals surface area contributed by atoms with Gasteiger partial charge < -0.3 is 9.64 Å². The zero-order valence-corrected chi connectivity index (χ0v) is 14.3.